The van der Waals surface area contributed by atoms with Crippen LogP contribution < -0.4 is 0 Å². The number of hydrogen-bond donors (Lipinski definition) is 0. The maximum absolute atomic E-state index is 4.44. The molecule has 0 spiro atoms. The van der Waals surface area contributed by atoms with Crippen LogP contribution in [0.2, 0.25) is 0 Å². The van der Waals surface area contributed by atoms with Crippen LogP contribution >= 0.6 is 0 Å². The van der Waals surface area contributed by atoms with Crippen LogP contribution in [0.4, 0.5) is 0 Å². The van der Waals surface area contributed by atoms with Gasteiger partial charge in [0.1, 0.15) is 0 Å². The van der Waals surface area contributed by atoms with E-state index in [1.165, 1.54) is 25.0 Å². The van der Waals surface area contributed by atoms with E-state index in [0.29, 0.717) is 5.41 Å². The molecule has 0 saturated carbocycles. The molecule has 1 atom stereocenters. The molecule has 0 saturated heterocycles. The minimum atomic E-state index is 0.452. The Morgan fingerprint density at radius 1 is 1.57 bits per heavy atom. The van der Waals surface area contributed by atoms with Crippen molar-refractivity contribution < 1.29 is 0 Å². The standard InChI is InChI=1S/C11H15N2.Tl/c1-11(5-3-2-4-6-11)7-10-8-12-9-13-10;/h2-3,8-9H,4-7H2,1H3;/q-1;+1. The Morgan fingerprint density at radius 3 is 3.00 bits per heavy atom. The molecule has 0 aromatic carbocycles. The van der Waals surface area contributed by atoms with Crippen molar-refractivity contribution in [2.45, 2.75) is 32.6 Å². The molecule has 72 valence electrons. The molecule has 1 heterocycles. The van der Waals surface area contributed by atoms with E-state index < -0.39 is 0 Å². The number of nitrogens with zero attached hydrogens (tertiary/aromatic N) is 2. The van der Waals surface area contributed by atoms with Gasteiger partial charge >= 0.3 is 102 Å². The molecular formula is C11H15N2Tl. The van der Waals surface area contributed by atoms with E-state index in [4.69, 9.17) is 0 Å². The average Bonchev–Trinajstić information content (AvgIpc) is 2.51. The molecule has 3 heteroatoms. The zero-order chi connectivity index (χ0) is 10.0. The summed E-state index contributed by atoms with van der Waals surface area (Å²) in [6, 6.07) is 0. The van der Waals surface area contributed by atoms with E-state index in [1.54, 1.807) is 0 Å². The first-order valence-corrected chi connectivity index (χ1v) is 7.12. The summed E-state index contributed by atoms with van der Waals surface area (Å²) < 4.78 is 2.19. The fraction of sp³-hybridized carbons (Fsp3) is 0.545. The summed E-state index contributed by atoms with van der Waals surface area (Å²) >= 11 is 0.848. The maximum atomic E-state index is 4.44. The van der Waals surface area contributed by atoms with Crippen LogP contribution in [-0.2, 0) is 6.42 Å². The van der Waals surface area contributed by atoms with Crippen LogP contribution in [0.3, 0.4) is 0 Å². The first-order chi connectivity index (χ1) is 6.68. The Labute approximate surface area is 102 Å². The molecule has 1 unspecified atom stereocenters. The molecular weight excluding hydrogens is 365 g/mol. The Balaban J connectivity index is 2.06. The molecule has 1 aromatic rings. The Morgan fingerprint density at radius 2 is 2.43 bits per heavy atom. The van der Waals surface area contributed by atoms with Crippen molar-refractivity contribution in [1.29, 1.82) is 0 Å². The summed E-state index contributed by atoms with van der Waals surface area (Å²) in [6.07, 6.45) is 13.7. The Kier molecular flexibility index (Phi) is 3.09. The van der Waals surface area contributed by atoms with Crippen LogP contribution in [0.25, 0.3) is 0 Å². The van der Waals surface area contributed by atoms with E-state index in [-0.39, 0.29) is 0 Å². The van der Waals surface area contributed by atoms with Gasteiger partial charge in [-0.2, -0.15) is 0 Å². The van der Waals surface area contributed by atoms with Crippen LogP contribution in [0.15, 0.2) is 24.7 Å². The van der Waals surface area contributed by atoms with Gasteiger partial charge in [0.15, 0.2) is 0 Å². The molecule has 0 bridgehead atoms. The summed E-state index contributed by atoms with van der Waals surface area (Å²) in [5.41, 5.74) is 1.72. The molecule has 1 aliphatic carbocycles. The number of allylic oxidation sites excluding steroid dienone is 2. The van der Waals surface area contributed by atoms with Gasteiger partial charge in [-0.3, -0.25) is 0 Å². The van der Waals surface area contributed by atoms with Crippen molar-refractivity contribution in [3.63, 3.8) is 0 Å². The summed E-state index contributed by atoms with van der Waals surface area (Å²) in [6.45, 7) is 2.38. The van der Waals surface area contributed by atoms with E-state index >= 15 is 0 Å². The monoisotopic (exact) mass is 380 g/mol. The third-order valence-corrected chi connectivity index (χ3v) is 4.05. The zero-order valence-electron chi connectivity index (χ0n) is 8.61. The molecule has 0 amide bonds. The summed E-state index contributed by atoms with van der Waals surface area (Å²) in [5, 5.41) is 0. The normalized spacial score (nSPS) is 26.6. The SMILES string of the molecule is CC1(Cc2c[n]([Tl])cn2)CC=CCC1. The molecule has 2 nitrogen and oxygen atoms in total. The van der Waals surface area contributed by atoms with Gasteiger partial charge in [0, 0.05) is 0 Å². The Bertz CT molecular complexity index is 343. The van der Waals surface area contributed by atoms with Gasteiger partial charge in [-0.1, -0.05) is 0 Å². The summed E-state index contributed by atoms with van der Waals surface area (Å²) in [5.74, 6) is 0. The van der Waals surface area contributed by atoms with Crippen LogP contribution in [0.5, 0.6) is 0 Å². The molecule has 0 aliphatic heterocycles. The third-order valence-electron chi connectivity index (χ3n) is 2.95. The molecule has 0 fully saturated rings. The second-order valence-corrected chi connectivity index (χ2v) is 6.83. The second kappa shape index (κ2) is 4.16. The van der Waals surface area contributed by atoms with E-state index in [9.17, 15) is 0 Å². The molecule has 1 aliphatic rings. The zero-order valence-corrected chi connectivity index (χ0v) is 13.1. The second-order valence-electron chi connectivity index (χ2n) is 4.51. The van der Waals surface area contributed by atoms with Crippen molar-refractivity contribution in [3.8, 4) is 0 Å². The van der Waals surface area contributed by atoms with Crippen molar-refractivity contribution in [2.75, 3.05) is 0 Å². The third kappa shape index (κ3) is 2.46. The van der Waals surface area contributed by atoms with E-state index in [1.807, 2.05) is 6.33 Å². The van der Waals surface area contributed by atoms with Gasteiger partial charge in [-0.25, -0.2) is 0 Å². The molecule has 0 radical (unpaired) electrons. The topological polar surface area (TPSA) is 17.8 Å². The molecule has 14 heavy (non-hydrogen) atoms. The minimum absolute atomic E-state index is 0.452. The van der Waals surface area contributed by atoms with Crippen molar-refractivity contribution >= 4 is 26.1 Å². The summed E-state index contributed by atoms with van der Waals surface area (Å²) in [4.78, 5) is 4.44. The van der Waals surface area contributed by atoms with Gasteiger partial charge in [0.05, 0.1) is 0 Å². The Hall–Kier alpha value is -0.128. The van der Waals surface area contributed by atoms with Crippen molar-refractivity contribution in [3.05, 3.63) is 30.4 Å². The van der Waals surface area contributed by atoms with Gasteiger partial charge in [-0.05, 0) is 0 Å². The van der Waals surface area contributed by atoms with Crippen LogP contribution in [0.1, 0.15) is 31.9 Å². The van der Waals surface area contributed by atoms with Crippen LogP contribution in [0, 0.1) is 5.41 Å². The van der Waals surface area contributed by atoms with Gasteiger partial charge in [-0.15, -0.1) is 0 Å². The number of imidazole rings is 1. The van der Waals surface area contributed by atoms with Gasteiger partial charge in [0.2, 0.25) is 0 Å². The molecule has 0 N–H and O–H groups in total. The number of rotatable bonds is 2. The fourth-order valence-corrected chi connectivity index (χ4v) is 3.02. The molecule has 1 aromatic heterocycles. The number of aromatic nitrogens is 2. The summed E-state index contributed by atoms with van der Waals surface area (Å²) in [7, 11) is 0. The first kappa shape index (κ1) is 10.4. The van der Waals surface area contributed by atoms with E-state index in [0.717, 1.165) is 32.5 Å². The van der Waals surface area contributed by atoms with Crippen molar-refractivity contribution in [2.24, 2.45) is 5.41 Å². The fourth-order valence-electron chi connectivity index (χ4n) is 2.09. The van der Waals surface area contributed by atoms with E-state index in [2.05, 4.69) is 32.6 Å². The van der Waals surface area contributed by atoms with Crippen LogP contribution in [-0.4, -0.2) is 33.4 Å². The predicted molar refractivity (Wildman–Crippen MR) is 58.2 cm³/mol. The van der Waals surface area contributed by atoms with Gasteiger partial charge in [0.25, 0.3) is 0 Å². The van der Waals surface area contributed by atoms with Crippen molar-refractivity contribution in [1.82, 2.24) is 7.36 Å². The number of hydrogen-bond acceptors (Lipinski definition) is 1. The first-order valence-electron chi connectivity index (χ1n) is 5.11. The average molecular weight is 380 g/mol. The van der Waals surface area contributed by atoms with Gasteiger partial charge < -0.3 is 0 Å². The quantitative estimate of drug-likeness (QED) is 0.568. The predicted octanol–water partition coefficient (Wildman–Crippen LogP) is 2.10. The molecule has 2 rings (SSSR count).